The van der Waals surface area contributed by atoms with E-state index in [1.54, 1.807) is 38.1 Å². The van der Waals surface area contributed by atoms with Gasteiger partial charge in [0.15, 0.2) is 0 Å². The molecule has 1 aromatic carbocycles. The number of nitrogens with one attached hydrogen (secondary N) is 1. The van der Waals surface area contributed by atoms with Crippen LogP contribution in [0.4, 0.5) is 11.4 Å². The van der Waals surface area contributed by atoms with Gasteiger partial charge in [0.1, 0.15) is 5.69 Å². The SMILES string of the molecule is CC(C)(O)CNc1c([N+](=O)[O-])c(O)nc2ccccc12. The number of para-hydroxylation sites is 1. The van der Waals surface area contributed by atoms with E-state index < -0.39 is 22.1 Å². The quantitative estimate of drug-likeness (QED) is 0.583. The predicted molar refractivity (Wildman–Crippen MR) is 74.8 cm³/mol. The summed E-state index contributed by atoms with van der Waals surface area (Å²) in [4.78, 5) is 14.2. The third kappa shape index (κ3) is 2.77. The minimum atomic E-state index is -1.05. The second-order valence-corrected chi connectivity index (χ2v) is 5.10. The second kappa shape index (κ2) is 4.93. The van der Waals surface area contributed by atoms with Crippen LogP contribution < -0.4 is 5.32 Å². The van der Waals surface area contributed by atoms with Crippen LogP contribution in [0.2, 0.25) is 0 Å². The van der Waals surface area contributed by atoms with Crippen molar-refractivity contribution in [3.05, 3.63) is 34.4 Å². The molecular formula is C13H15N3O4. The van der Waals surface area contributed by atoms with Crippen molar-refractivity contribution in [1.82, 2.24) is 4.98 Å². The van der Waals surface area contributed by atoms with E-state index in [0.29, 0.717) is 10.9 Å². The van der Waals surface area contributed by atoms with Gasteiger partial charge in [-0.05, 0) is 19.9 Å². The molecule has 0 spiro atoms. The molecule has 0 aliphatic rings. The van der Waals surface area contributed by atoms with Crippen LogP contribution >= 0.6 is 0 Å². The molecular weight excluding hydrogens is 262 g/mol. The summed E-state index contributed by atoms with van der Waals surface area (Å²) in [6, 6.07) is 6.76. The highest BCUT2D eigenvalue weighted by Crippen LogP contribution is 2.38. The largest absolute Gasteiger partial charge is 0.488 e. The highest BCUT2D eigenvalue weighted by Gasteiger charge is 2.25. The molecule has 2 rings (SSSR count). The van der Waals surface area contributed by atoms with Crippen LogP contribution in [0.3, 0.4) is 0 Å². The standard InChI is InChI=1S/C13H15N3O4/c1-13(2,18)7-14-10-8-5-3-4-6-9(8)15-12(17)11(10)16(19)20/h3-6,18H,7H2,1-2H3,(H2,14,15,17). The Balaban J connectivity index is 2.63. The average Bonchev–Trinajstić information content (AvgIpc) is 2.33. The minimum absolute atomic E-state index is 0.0985. The average molecular weight is 277 g/mol. The summed E-state index contributed by atoms with van der Waals surface area (Å²) in [5.41, 5.74) is -0.949. The van der Waals surface area contributed by atoms with Crippen LogP contribution in [0.25, 0.3) is 10.9 Å². The molecule has 0 saturated heterocycles. The lowest BCUT2D eigenvalue weighted by atomic mass is 10.1. The van der Waals surface area contributed by atoms with E-state index in [1.807, 2.05) is 0 Å². The molecule has 20 heavy (non-hydrogen) atoms. The molecule has 0 fully saturated rings. The van der Waals surface area contributed by atoms with Crippen molar-refractivity contribution in [3.63, 3.8) is 0 Å². The number of nitro groups is 1. The van der Waals surface area contributed by atoms with Gasteiger partial charge in [-0.25, -0.2) is 4.98 Å². The third-order valence-corrected chi connectivity index (χ3v) is 2.73. The number of pyridine rings is 1. The number of anilines is 1. The fourth-order valence-corrected chi connectivity index (χ4v) is 1.85. The van der Waals surface area contributed by atoms with Gasteiger partial charge in [-0.2, -0.15) is 0 Å². The fraction of sp³-hybridized carbons (Fsp3) is 0.308. The zero-order valence-electron chi connectivity index (χ0n) is 11.1. The Bertz CT molecular complexity index is 664. The maximum atomic E-state index is 11.1. The lowest BCUT2D eigenvalue weighted by Crippen LogP contribution is -2.29. The van der Waals surface area contributed by atoms with Crippen molar-refractivity contribution in [1.29, 1.82) is 0 Å². The summed E-state index contributed by atoms with van der Waals surface area (Å²) < 4.78 is 0. The van der Waals surface area contributed by atoms with E-state index in [4.69, 9.17) is 0 Å². The summed E-state index contributed by atoms with van der Waals surface area (Å²) in [5, 5.41) is 33.9. The lowest BCUT2D eigenvalue weighted by Gasteiger charge is -2.19. The number of hydrogen-bond donors (Lipinski definition) is 3. The van der Waals surface area contributed by atoms with Gasteiger partial charge in [-0.1, -0.05) is 18.2 Å². The molecule has 106 valence electrons. The number of rotatable bonds is 4. The molecule has 2 aromatic rings. The Morgan fingerprint density at radius 1 is 1.40 bits per heavy atom. The smallest absolute Gasteiger partial charge is 0.354 e. The normalized spacial score (nSPS) is 11.6. The molecule has 1 aromatic heterocycles. The van der Waals surface area contributed by atoms with E-state index in [2.05, 4.69) is 10.3 Å². The fourth-order valence-electron chi connectivity index (χ4n) is 1.85. The van der Waals surface area contributed by atoms with Crippen molar-refractivity contribution in [2.45, 2.75) is 19.4 Å². The number of benzene rings is 1. The summed E-state index contributed by atoms with van der Waals surface area (Å²) in [6.45, 7) is 3.26. The monoisotopic (exact) mass is 277 g/mol. The first-order chi connectivity index (χ1) is 9.29. The molecule has 1 heterocycles. The Hall–Kier alpha value is -2.41. The van der Waals surface area contributed by atoms with Gasteiger partial charge in [0.25, 0.3) is 5.88 Å². The van der Waals surface area contributed by atoms with Gasteiger partial charge in [0, 0.05) is 11.9 Å². The molecule has 0 aliphatic heterocycles. The van der Waals surface area contributed by atoms with Gasteiger partial charge in [-0.3, -0.25) is 10.1 Å². The van der Waals surface area contributed by atoms with Crippen molar-refractivity contribution < 1.29 is 15.1 Å². The molecule has 7 heteroatoms. The first-order valence-corrected chi connectivity index (χ1v) is 6.02. The van der Waals surface area contributed by atoms with Crippen molar-refractivity contribution in [2.75, 3.05) is 11.9 Å². The number of aliphatic hydroxyl groups is 1. The Labute approximate surface area is 115 Å². The van der Waals surface area contributed by atoms with Crippen LogP contribution in [-0.4, -0.2) is 32.3 Å². The molecule has 0 aliphatic carbocycles. The molecule has 0 radical (unpaired) electrons. The maximum Gasteiger partial charge on any atom is 0.354 e. The van der Waals surface area contributed by atoms with Gasteiger partial charge < -0.3 is 15.5 Å². The van der Waals surface area contributed by atoms with Crippen LogP contribution in [0.5, 0.6) is 5.88 Å². The Kier molecular flexibility index (Phi) is 3.46. The van der Waals surface area contributed by atoms with Gasteiger partial charge >= 0.3 is 5.69 Å². The van der Waals surface area contributed by atoms with E-state index >= 15 is 0 Å². The number of fused-ring (bicyclic) bond motifs is 1. The van der Waals surface area contributed by atoms with Crippen molar-refractivity contribution >= 4 is 22.3 Å². The predicted octanol–water partition coefficient (Wildman–Crippen LogP) is 2.03. The first-order valence-electron chi connectivity index (χ1n) is 6.02. The zero-order valence-corrected chi connectivity index (χ0v) is 11.1. The van der Waals surface area contributed by atoms with Crippen molar-refractivity contribution in [3.8, 4) is 5.88 Å². The number of aromatic nitrogens is 1. The molecule has 3 N–H and O–H groups in total. The van der Waals surface area contributed by atoms with E-state index in [-0.39, 0.29) is 12.2 Å². The van der Waals surface area contributed by atoms with Gasteiger partial charge in [0.05, 0.1) is 16.0 Å². The summed E-state index contributed by atoms with van der Waals surface area (Å²) >= 11 is 0. The van der Waals surface area contributed by atoms with E-state index in [1.165, 1.54) is 0 Å². The Morgan fingerprint density at radius 3 is 2.65 bits per heavy atom. The maximum absolute atomic E-state index is 11.1. The van der Waals surface area contributed by atoms with Gasteiger partial charge in [0.2, 0.25) is 0 Å². The molecule has 0 unspecified atom stereocenters. The zero-order chi connectivity index (χ0) is 14.9. The number of hydrogen-bond acceptors (Lipinski definition) is 6. The first kappa shape index (κ1) is 14.0. The summed E-state index contributed by atoms with van der Waals surface area (Å²) in [5.74, 6) is -0.646. The van der Waals surface area contributed by atoms with Crippen LogP contribution in [0, 0.1) is 10.1 Å². The minimum Gasteiger partial charge on any atom is -0.488 e. The van der Waals surface area contributed by atoms with Gasteiger partial charge in [-0.15, -0.1) is 0 Å². The number of aromatic hydroxyl groups is 1. The molecule has 0 bridgehead atoms. The molecule has 0 saturated carbocycles. The van der Waals surface area contributed by atoms with Crippen LogP contribution in [0.15, 0.2) is 24.3 Å². The topological polar surface area (TPSA) is 109 Å². The van der Waals surface area contributed by atoms with E-state index in [9.17, 15) is 20.3 Å². The summed E-state index contributed by atoms with van der Waals surface area (Å²) in [6.07, 6.45) is 0. The Morgan fingerprint density at radius 2 is 2.05 bits per heavy atom. The second-order valence-electron chi connectivity index (χ2n) is 5.10. The molecule has 7 nitrogen and oxygen atoms in total. The highest BCUT2D eigenvalue weighted by molar-refractivity contribution is 5.97. The molecule has 0 atom stereocenters. The van der Waals surface area contributed by atoms with Crippen molar-refractivity contribution in [2.24, 2.45) is 0 Å². The molecule has 0 amide bonds. The van der Waals surface area contributed by atoms with Crippen LogP contribution in [0.1, 0.15) is 13.8 Å². The highest BCUT2D eigenvalue weighted by atomic mass is 16.6. The van der Waals surface area contributed by atoms with E-state index in [0.717, 1.165) is 0 Å². The number of nitrogens with zero attached hydrogens (tertiary/aromatic N) is 2. The summed E-state index contributed by atoms with van der Waals surface area (Å²) in [7, 11) is 0. The lowest BCUT2D eigenvalue weighted by molar-refractivity contribution is -0.385. The van der Waals surface area contributed by atoms with Crippen LogP contribution in [-0.2, 0) is 0 Å². The third-order valence-electron chi connectivity index (χ3n) is 2.73.